The van der Waals surface area contributed by atoms with E-state index in [1.54, 1.807) is 6.26 Å². The lowest BCUT2D eigenvalue weighted by molar-refractivity contribution is -0.138. The third kappa shape index (κ3) is 4.23. The molecule has 0 aliphatic rings. The van der Waals surface area contributed by atoms with E-state index in [1.807, 2.05) is 0 Å². The SMILES string of the molecule is CSc1ncc(C(F)(F)F)c(C#Cc2cccc(C(=O)O)c2)n1. The summed E-state index contributed by atoms with van der Waals surface area (Å²) in [6.07, 6.45) is -2.30. The van der Waals surface area contributed by atoms with Crippen molar-refractivity contribution in [1.82, 2.24) is 9.97 Å². The molecule has 1 heterocycles. The molecule has 2 rings (SSSR count). The van der Waals surface area contributed by atoms with E-state index in [1.165, 1.54) is 24.3 Å². The number of carboxylic acid groups (broad SMARTS) is 1. The number of aromatic carboxylic acids is 1. The number of rotatable bonds is 2. The molecule has 0 saturated carbocycles. The molecule has 0 radical (unpaired) electrons. The number of alkyl halides is 3. The van der Waals surface area contributed by atoms with E-state index < -0.39 is 23.4 Å². The number of thioether (sulfide) groups is 1. The average Bonchev–Trinajstić information content (AvgIpc) is 2.52. The normalized spacial score (nSPS) is 10.8. The molecular weight excluding hydrogens is 329 g/mol. The average molecular weight is 338 g/mol. The second kappa shape index (κ2) is 6.71. The van der Waals surface area contributed by atoms with Crippen LogP contribution >= 0.6 is 11.8 Å². The summed E-state index contributed by atoms with van der Waals surface area (Å²) in [4.78, 5) is 18.3. The van der Waals surface area contributed by atoms with Gasteiger partial charge in [0.15, 0.2) is 5.16 Å². The van der Waals surface area contributed by atoms with Crippen LogP contribution in [-0.4, -0.2) is 27.3 Å². The highest BCUT2D eigenvalue weighted by Crippen LogP contribution is 2.31. The minimum absolute atomic E-state index is 0.000310. The molecule has 8 heteroatoms. The van der Waals surface area contributed by atoms with Gasteiger partial charge in [-0.05, 0) is 30.4 Å². The summed E-state index contributed by atoms with van der Waals surface area (Å²) in [5, 5.41) is 9.06. The number of carboxylic acids is 1. The summed E-state index contributed by atoms with van der Waals surface area (Å²) in [6, 6.07) is 5.61. The van der Waals surface area contributed by atoms with E-state index >= 15 is 0 Å². The molecular formula is C15H9F3N2O2S. The first-order valence-corrected chi connectivity index (χ1v) is 7.37. The Morgan fingerprint density at radius 3 is 2.65 bits per heavy atom. The zero-order valence-electron chi connectivity index (χ0n) is 11.7. The maximum absolute atomic E-state index is 12.9. The smallest absolute Gasteiger partial charge is 0.420 e. The Labute approximate surface area is 133 Å². The van der Waals surface area contributed by atoms with Gasteiger partial charge in [-0.3, -0.25) is 0 Å². The van der Waals surface area contributed by atoms with Gasteiger partial charge in [-0.2, -0.15) is 13.2 Å². The van der Waals surface area contributed by atoms with E-state index in [2.05, 4.69) is 21.8 Å². The molecule has 1 aromatic heterocycles. The largest absolute Gasteiger partial charge is 0.478 e. The van der Waals surface area contributed by atoms with Crippen LogP contribution in [0.25, 0.3) is 0 Å². The van der Waals surface area contributed by atoms with Crippen molar-refractivity contribution in [2.75, 3.05) is 6.26 Å². The second-order valence-electron chi connectivity index (χ2n) is 4.25. The topological polar surface area (TPSA) is 63.1 Å². The Kier molecular flexibility index (Phi) is 4.91. The van der Waals surface area contributed by atoms with Gasteiger partial charge in [0.2, 0.25) is 0 Å². The maximum atomic E-state index is 12.9. The number of aromatic nitrogens is 2. The fraction of sp³-hybridized carbons (Fsp3) is 0.133. The van der Waals surface area contributed by atoms with Crippen LogP contribution in [-0.2, 0) is 6.18 Å². The number of benzene rings is 1. The van der Waals surface area contributed by atoms with Gasteiger partial charge in [0, 0.05) is 11.8 Å². The highest BCUT2D eigenvalue weighted by molar-refractivity contribution is 7.98. The summed E-state index contributed by atoms with van der Waals surface area (Å²) in [7, 11) is 0. The number of carbonyl (C=O) groups is 1. The lowest BCUT2D eigenvalue weighted by atomic mass is 10.1. The molecule has 1 aromatic carbocycles. The molecule has 118 valence electrons. The second-order valence-corrected chi connectivity index (χ2v) is 5.03. The van der Waals surface area contributed by atoms with Crippen LogP contribution < -0.4 is 0 Å². The number of hydrogen-bond acceptors (Lipinski definition) is 4. The van der Waals surface area contributed by atoms with Crippen LogP contribution in [0.4, 0.5) is 13.2 Å². The fourth-order valence-corrected chi connectivity index (χ4v) is 1.97. The fourth-order valence-electron chi connectivity index (χ4n) is 1.63. The molecule has 0 spiro atoms. The van der Waals surface area contributed by atoms with Crippen LogP contribution in [0.1, 0.15) is 27.2 Å². The van der Waals surface area contributed by atoms with Gasteiger partial charge in [0.05, 0.1) is 5.56 Å². The van der Waals surface area contributed by atoms with Gasteiger partial charge >= 0.3 is 12.1 Å². The Bertz CT molecular complexity index is 810. The third-order valence-electron chi connectivity index (χ3n) is 2.69. The van der Waals surface area contributed by atoms with Crippen LogP contribution in [0.2, 0.25) is 0 Å². The Morgan fingerprint density at radius 2 is 2.04 bits per heavy atom. The highest BCUT2D eigenvalue weighted by Gasteiger charge is 2.34. The van der Waals surface area contributed by atoms with Gasteiger partial charge in [0.1, 0.15) is 11.3 Å². The third-order valence-corrected chi connectivity index (χ3v) is 3.25. The number of halogens is 3. The summed E-state index contributed by atoms with van der Waals surface area (Å²) in [5.74, 6) is 3.71. The Hall–Kier alpha value is -2.53. The predicted octanol–water partition coefficient (Wildman–Crippen LogP) is 3.32. The van der Waals surface area contributed by atoms with E-state index in [0.29, 0.717) is 6.20 Å². The van der Waals surface area contributed by atoms with Crippen molar-refractivity contribution in [3.63, 3.8) is 0 Å². The molecule has 0 fully saturated rings. The minimum atomic E-state index is -4.62. The quantitative estimate of drug-likeness (QED) is 0.517. The van der Waals surface area contributed by atoms with Crippen molar-refractivity contribution in [2.24, 2.45) is 0 Å². The molecule has 0 atom stereocenters. The zero-order valence-corrected chi connectivity index (χ0v) is 12.5. The van der Waals surface area contributed by atoms with Crippen molar-refractivity contribution in [1.29, 1.82) is 0 Å². The van der Waals surface area contributed by atoms with Crippen molar-refractivity contribution in [2.45, 2.75) is 11.3 Å². The predicted molar refractivity (Wildman–Crippen MR) is 78.2 cm³/mol. The Balaban J connectivity index is 2.48. The van der Waals surface area contributed by atoms with Crippen LogP contribution in [0, 0.1) is 11.8 Å². The van der Waals surface area contributed by atoms with E-state index in [-0.39, 0.29) is 16.3 Å². The standard InChI is InChI=1S/C15H9F3N2O2S/c1-23-14-19-8-11(15(16,17)18)12(20-14)6-5-9-3-2-4-10(7-9)13(21)22/h2-4,7-8H,1H3,(H,21,22). The van der Waals surface area contributed by atoms with Gasteiger partial charge in [-0.25, -0.2) is 14.8 Å². The molecule has 0 bridgehead atoms. The van der Waals surface area contributed by atoms with Crippen molar-refractivity contribution in [3.05, 3.63) is 52.8 Å². The van der Waals surface area contributed by atoms with Gasteiger partial charge in [-0.1, -0.05) is 23.7 Å². The van der Waals surface area contributed by atoms with Crippen LogP contribution in [0.5, 0.6) is 0 Å². The molecule has 0 aliphatic heterocycles. The monoisotopic (exact) mass is 338 g/mol. The summed E-state index contributed by atoms with van der Waals surface area (Å²) in [5.41, 5.74) is -1.20. The molecule has 23 heavy (non-hydrogen) atoms. The summed E-state index contributed by atoms with van der Waals surface area (Å²) < 4.78 is 38.8. The van der Waals surface area contributed by atoms with E-state index in [4.69, 9.17) is 5.11 Å². The first-order valence-electron chi connectivity index (χ1n) is 6.15. The number of nitrogens with zero attached hydrogens (tertiary/aromatic N) is 2. The molecule has 0 saturated heterocycles. The molecule has 2 aromatic rings. The lowest BCUT2D eigenvalue weighted by Crippen LogP contribution is -2.10. The van der Waals surface area contributed by atoms with Crippen molar-refractivity contribution in [3.8, 4) is 11.8 Å². The Morgan fingerprint density at radius 1 is 1.30 bits per heavy atom. The van der Waals surface area contributed by atoms with Gasteiger partial charge in [-0.15, -0.1) is 0 Å². The molecule has 1 N–H and O–H groups in total. The summed E-state index contributed by atoms with van der Waals surface area (Å²) in [6.45, 7) is 0. The van der Waals surface area contributed by atoms with Gasteiger partial charge < -0.3 is 5.11 Å². The van der Waals surface area contributed by atoms with E-state index in [0.717, 1.165) is 11.8 Å². The number of hydrogen-bond donors (Lipinski definition) is 1. The minimum Gasteiger partial charge on any atom is -0.478 e. The first-order chi connectivity index (χ1) is 10.8. The summed E-state index contributed by atoms with van der Waals surface area (Å²) >= 11 is 1.10. The van der Waals surface area contributed by atoms with Crippen LogP contribution in [0.3, 0.4) is 0 Å². The van der Waals surface area contributed by atoms with Crippen LogP contribution in [0.15, 0.2) is 35.6 Å². The zero-order chi connectivity index (χ0) is 17.0. The van der Waals surface area contributed by atoms with Crippen molar-refractivity contribution >= 4 is 17.7 Å². The molecule has 0 unspecified atom stereocenters. The maximum Gasteiger partial charge on any atom is 0.420 e. The molecule has 0 aliphatic carbocycles. The lowest BCUT2D eigenvalue weighted by Gasteiger charge is -2.08. The first kappa shape index (κ1) is 16.8. The van der Waals surface area contributed by atoms with Gasteiger partial charge in [0.25, 0.3) is 0 Å². The van der Waals surface area contributed by atoms with E-state index in [9.17, 15) is 18.0 Å². The highest BCUT2D eigenvalue weighted by atomic mass is 32.2. The molecule has 0 amide bonds. The molecule has 4 nitrogen and oxygen atoms in total. The van der Waals surface area contributed by atoms with Crippen molar-refractivity contribution < 1.29 is 23.1 Å².